The van der Waals surface area contributed by atoms with E-state index in [2.05, 4.69) is 35.3 Å². The number of morpholine rings is 1. The van der Waals surface area contributed by atoms with E-state index >= 15 is 0 Å². The predicted octanol–water partition coefficient (Wildman–Crippen LogP) is 4.44. The monoisotopic (exact) mass is 432 g/mol. The zero-order valence-corrected chi connectivity index (χ0v) is 18.8. The number of hydrogen-bond donors (Lipinski definition) is 1. The van der Waals surface area contributed by atoms with Gasteiger partial charge in [-0.05, 0) is 50.6 Å². The molecule has 0 atom stereocenters. The first-order chi connectivity index (χ1) is 14.7. The Morgan fingerprint density at radius 3 is 2.67 bits per heavy atom. The van der Waals surface area contributed by atoms with Crippen molar-refractivity contribution in [1.82, 2.24) is 10.2 Å². The lowest BCUT2D eigenvalue weighted by Gasteiger charge is -2.26. The number of halogens is 1. The Balaban J connectivity index is 1.52. The lowest BCUT2D eigenvalue weighted by Crippen LogP contribution is -2.37. The Bertz CT molecular complexity index is 794. The van der Waals surface area contributed by atoms with Gasteiger partial charge in [-0.1, -0.05) is 41.4 Å². The van der Waals surface area contributed by atoms with E-state index in [9.17, 15) is 0 Å². The molecule has 164 valence electrons. The molecule has 0 spiro atoms. The van der Waals surface area contributed by atoms with E-state index in [1.165, 1.54) is 5.56 Å². The largest absolute Gasteiger partial charge is 0.490 e. The Hall–Kier alpha value is -1.79. The summed E-state index contributed by atoms with van der Waals surface area (Å²) in [6, 6.07) is 12.2. The van der Waals surface area contributed by atoms with Crippen LogP contribution in [0.3, 0.4) is 0 Å². The van der Waals surface area contributed by atoms with Gasteiger partial charge in [-0.25, -0.2) is 0 Å². The summed E-state index contributed by atoms with van der Waals surface area (Å²) in [5, 5.41) is 4.19. The quantitative estimate of drug-likeness (QED) is 0.532. The second-order valence-corrected chi connectivity index (χ2v) is 7.99. The maximum Gasteiger partial charge on any atom is 0.163 e. The van der Waals surface area contributed by atoms with Gasteiger partial charge in [0.1, 0.15) is 6.61 Å². The van der Waals surface area contributed by atoms with Gasteiger partial charge in [-0.3, -0.25) is 4.90 Å². The first kappa shape index (κ1) is 22.9. The number of nitrogens with one attached hydrogen (secondary N) is 1. The molecule has 1 N–H and O–H groups in total. The van der Waals surface area contributed by atoms with Crippen molar-refractivity contribution in [1.29, 1.82) is 0 Å². The standard InChI is InChI=1S/C24H33ClN2O3/c1-3-29-23-15-21(17-26-8-5-9-27-10-12-28-13-11-27)22(25)16-24(23)30-18-20-7-4-6-19(2)14-20/h4,6-7,14-16,26H,3,5,8-13,17-18H2,1-2H3. The van der Waals surface area contributed by atoms with Crippen LogP contribution in [0.5, 0.6) is 11.5 Å². The number of nitrogens with zero attached hydrogens (tertiary/aromatic N) is 1. The Kier molecular flexibility index (Phi) is 9.27. The fraction of sp³-hybridized carbons (Fsp3) is 0.500. The summed E-state index contributed by atoms with van der Waals surface area (Å²) in [5.74, 6) is 1.42. The molecular formula is C24H33ClN2O3. The van der Waals surface area contributed by atoms with Crippen molar-refractivity contribution in [2.75, 3.05) is 46.0 Å². The van der Waals surface area contributed by atoms with Gasteiger partial charge in [-0.2, -0.15) is 0 Å². The summed E-state index contributed by atoms with van der Waals surface area (Å²) in [6.45, 7) is 11.6. The van der Waals surface area contributed by atoms with E-state index in [0.717, 1.165) is 62.7 Å². The summed E-state index contributed by atoms with van der Waals surface area (Å²) in [6.07, 6.45) is 1.10. The van der Waals surface area contributed by atoms with Crippen LogP contribution in [0.1, 0.15) is 30.0 Å². The summed E-state index contributed by atoms with van der Waals surface area (Å²) in [4.78, 5) is 2.45. The van der Waals surface area contributed by atoms with Crippen molar-refractivity contribution >= 4 is 11.6 Å². The van der Waals surface area contributed by atoms with E-state index in [4.69, 9.17) is 25.8 Å². The normalized spacial score (nSPS) is 14.6. The Labute approximate surface area is 185 Å². The zero-order valence-electron chi connectivity index (χ0n) is 18.1. The zero-order chi connectivity index (χ0) is 21.2. The minimum absolute atomic E-state index is 0.483. The van der Waals surface area contributed by atoms with Crippen molar-refractivity contribution in [3.8, 4) is 11.5 Å². The van der Waals surface area contributed by atoms with Crippen LogP contribution in [-0.4, -0.2) is 50.9 Å². The Morgan fingerprint density at radius 1 is 1.10 bits per heavy atom. The highest BCUT2D eigenvalue weighted by Crippen LogP contribution is 2.34. The van der Waals surface area contributed by atoms with Crippen LogP contribution in [0.25, 0.3) is 0 Å². The van der Waals surface area contributed by atoms with Gasteiger partial charge in [0.25, 0.3) is 0 Å². The third kappa shape index (κ3) is 7.17. The van der Waals surface area contributed by atoms with Gasteiger partial charge in [0.2, 0.25) is 0 Å². The molecule has 1 saturated heterocycles. The highest BCUT2D eigenvalue weighted by atomic mass is 35.5. The summed E-state index contributed by atoms with van der Waals surface area (Å²) in [7, 11) is 0. The van der Waals surface area contributed by atoms with Crippen LogP contribution in [0.2, 0.25) is 5.02 Å². The second-order valence-electron chi connectivity index (χ2n) is 7.59. The predicted molar refractivity (Wildman–Crippen MR) is 122 cm³/mol. The summed E-state index contributed by atoms with van der Waals surface area (Å²) >= 11 is 6.55. The van der Waals surface area contributed by atoms with Gasteiger partial charge in [-0.15, -0.1) is 0 Å². The summed E-state index contributed by atoms with van der Waals surface area (Å²) in [5.41, 5.74) is 3.36. The summed E-state index contributed by atoms with van der Waals surface area (Å²) < 4.78 is 17.2. The third-order valence-electron chi connectivity index (χ3n) is 5.14. The van der Waals surface area contributed by atoms with Crippen molar-refractivity contribution in [2.24, 2.45) is 0 Å². The molecule has 0 unspecified atom stereocenters. The van der Waals surface area contributed by atoms with Crippen LogP contribution in [-0.2, 0) is 17.9 Å². The van der Waals surface area contributed by atoms with Crippen molar-refractivity contribution in [3.05, 3.63) is 58.1 Å². The average Bonchev–Trinajstić information content (AvgIpc) is 2.75. The molecule has 1 heterocycles. The van der Waals surface area contributed by atoms with Crippen molar-refractivity contribution < 1.29 is 14.2 Å². The van der Waals surface area contributed by atoms with Crippen LogP contribution in [0.15, 0.2) is 36.4 Å². The molecule has 0 bridgehead atoms. The van der Waals surface area contributed by atoms with E-state index in [-0.39, 0.29) is 0 Å². The van der Waals surface area contributed by atoms with Gasteiger partial charge in [0.15, 0.2) is 11.5 Å². The van der Waals surface area contributed by atoms with Crippen molar-refractivity contribution in [2.45, 2.75) is 33.4 Å². The van der Waals surface area contributed by atoms with Crippen molar-refractivity contribution in [3.63, 3.8) is 0 Å². The van der Waals surface area contributed by atoms with E-state index in [1.807, 2.05) is 25.1 Å². The Morgan fingerprint density at radius 2 is 1.90 bits per heavy atom. The molecule has 0 amide bonds. The van der Waals surface area contributed by atoms with Crippen LogP contribution in [0.4, 0.5) is 0 Å². The van der Waals surface area contributed by atoms with Gasteiger partial charge < -0.3 is 19.5 Å². The fourth-order valence-corrected chi connectivity index (χ4v) is 3.75. The van der Waals surface area contributed by atoms with Gasteiger partial charge in [0, 0.05) is 30.7 Å². The molecule has 5 nitrogen and oxygen atoms in total. The molecule has 1 aliphatic heterocycles. The minimum Gasteiger partial charge on any atom is -0.490 e. The third-order valence-corrected chi connectivity index (χ3v) is 5.49. The molecule has 0 aliphatic carbocycles. The molecule has 0 aromatic heterocycles. The number of ether oxygens (including phenoxy) is 3. The molecular weight excluding hydrogens is 400 g/mol. The highest BCUT2D eigenvalue weighted by molar-refractivity contribution is 6.31. The fourth-order valence-electron chi connectivity index (χ4n) is 3.53. The van der Waals surface area contributed by atoms with Crippen LogP contribution in [0, 0.1) is 6.92 Å². The SMILES string of the molecule is CCOc1cc(CNCCCN2CCOCC2)c(Cl)cc1OCc1cccc(C)c1. The minimum atomic E-state index is 0.483. The first-order valence-corrected chi connectivity index (χ1v) is 11.2. The molecule has 30 heavy (non-hydrogen) atoms. The molecule has 6 heteroatoms. The lowest BCUT2D eigenvalue weighted by atomic mass is 10.1. The van der Waals surface area contributed by atoms with E-state index < -0.39 is 0 Å². The molecule has 1 aliphatic rings. The molecule has 2 aromatic rings. The van der Waals surface area contributed by atoms with E-state index in [0.29, 0.717) is 30.5 Å². The number of benzene rings is 2. The van der Waals surface area contributed by atoms with E-state index in [1.54, 1.807) is 0 Å². The van der Waals surface area contributed by atoms with Gasteiger partial charge in [0.05, 0.1) is 19.8 Å². The topological polar surface area (TPSA) is 43.0 Å². The maximum absolute atomic E-state index is 6.55. The van der Waals surface area contributed by atoms with Crippen LogP contribution >= 0.6 is 11.6 Å². The second kappa shape index (κ2) is 12.2. The average molecular weight is 433 g/mol. The molecule has 2 aromatic carbocycles. The number of rotatable bonds is 11. The smallest absolute Gasteiger partial charge is 0.163 e. The molecule has 0 radical (unpaired) electrons. The maximum atomic E-state index is 6.55. The first-order valence-electron chi connectivity index (χ1n) is 10.8. The highest BCUT2D eigenvalue weighted by Gasteiger charge is 2.12. The van der Waals surface area contributed by atoms with Crippen LogP contribution < -0.4 is 14.8 Å². The molecule has 0 saturated carbocycles. The number of hydrogen-bond acceptors (Lipinski definition) is 5. The lowest BCUT2D eigenvalue weighted by molar-refractivity contribution is 0.0374. The molecule has 1 fully saturated rings. The molecule has 3 rings (SSSR count). The number of aryl methyl sites for hydroxylation is 1. The van der Waals surface area contributed by atoms with Gasteiger partial charge >= 0.3 is 0 Å².